The van der Waals surface area contributed by atoms with Gasteiger partial charge in [-0.15, -0.1) is 0 Å². The van der Waals surface area contributed by atoms with Gasteiger partial charge in [-0.25, -0.2) is 0 Å². The highest BCUT2D eigenvalue weighted by Crippen LogP contribution is 2.33. The van der Waals surface area contributed by atoms with Crippen LogP contribution < -0.4 is 4.74 Å². The Morgan fingerprint density at radius 2 is 1.76 bits per heavy atom. The van der Waals surface area contributed by atoms with E-state index in [1.54, 1.807) is 32.0 Å². The van der Waals surface area contributed by atoms with Crippen molar-refractivity contribution < 1.29 is 36.8 Å². The van der Waals surface area contributed by atoms with Gasteiger partial charge >= 0.3 is 12.1 Å². The number of alkyl halides is 3. The summed E-state index contributed by atoms with van der Waals surface area (Å²) < 4.78 is 55.0. The topological polar surface area (TPSA) is 78.6 Å². The highest BCUT2D eigenvalue weighted by atomic mass is 19.4. The minimum Gasteiger partial charge on any atom is -0.493 e. The van der Waals surface area contributed by atoms with Crippen LogP contribution in [0.5, 0.6) is 5.75 Å². The summed E-state index contributed by atoms with van der Waals surface area (Å²) in [6, 6.07) is 9.51. The predicted octanol–water partition coefficient (Wildman–Crippen LogP) is 6.76. The smallest absolute Gasteiger partial charge is 0.416 e. The maximum absolute atomic E-state index is 13.4. The fourth-order valence-corrected chi connectivity index (χ4v) is 3.85. The number of carbonyl (C=O) groups excluding carboxylic acids is 2. The number of hydrogen-bond acceptors (Lipinski definition) is 6. The van der Waals surface area contributed by atoms with Crippen molar-refractivity contribution in [1.29, 1.82) is 0 Å². The zero-order valence-electron chi connectivity index (χ0n) is 21.3. The van der Waals surface area contributed by atoms with Crippen molar-refractivity contribution in [2.75, 3.05) is 13.2 Å². The largest absolute Gasteiger partial charge is 0.493 e. The number of ketones is 1. The summed E-state index contributed by atoms with van der Waals surface area (Å²) >= 11 is 0. The lowest BCUT2D eigenvalue weighted by Gasteiger charge is -2.15. The van der Waals surface area contributed by atoms with Gasteiger partial charge in [0.2, 0.25) is 0 Å². The summed E-state index contributed by atoms with van der Waals surface area (Å²) in [5.74, 6) is -1.35. The van der Waals surface area contributed by atoms with Crippen LogP contribution in [0.3, 0.4) is 0 Å². The molecule has 6 nitrogen and oxygen atoms in total. The Bertz CT molecular complexity index is 1230. The van der Waals surface area contributed by atoms with Crippen LogP contribution in [0, 0.1) is 19.8 Å². The van der Waals surface area contributed by atoms with Gasteiger partial charge in [0.15, 0.2) is 11.5 Å². The number of aromatic nitrogens is 1. The second-order valence-corrected chi connectivity index (χ2v) is 8.71. The van der Waals surface area contributed by atoms with Crippen LogP contribution in [0.2, 0.25) is 0 Å². The molecule has 1 aromatic heterocycles. The molecule has 1 atom stereocenters. The molecular weight excluding hydrogens is 487 g/mol. The van der Waals surface area contributed by atoms with Gasteiger partial charge < -0.3 is 14.0 Å². The Labute approximate surface area is 213 Å². The second-order valence-electron chi connectivity index (χ2n) is 8.71. The standard InChI is InChI=1S/C28H30F3NO5/c1-5-7-14-36-24-13-10-20(15-17(24)3)25(33)22(27(34)35-6-2)16-23-18(4)26(37-32-23)19-8-11-21(12-9-19)28(29,30)31/h8-13,15,22H,5-7,14,16H2,1-4H3. The number of benzene rings is 2. The zero-order chi connectivity index (χ0) is 27.2. The first-order valence-electron chi connectivity index (χ1n) is 12.1. The highest BCUT2D eigenvalue weighted by molar-refractivity contribution is 6.09. The van der Waals surface area contributed by atoms with Crippen molar-refractivity contribution in [3.63, 3.8) is 0 Å². The number of aryl methyl sites for hydroxylation is 1. The molecule has 0 aliphatic carbocycles. The molecule has 0 radical (unpaired) electrons. The van der Waals surface area contributed by atoms with E-state index in [9.17, 15) is 22.8 Å². The minimum atomic E-state index is -4.45. The van der Waals surface area contributed by atoms with Crippen molar-refractivity contribution in [1.82, 2.24) is 5.16 Å². The van der Waals surface area contributed by atoms with Crippen LogP contribution in [0.4, 0.5) is 13.2 Å². The fraction of sp³-hybridized carbons (Fsp3) is 0.393. The van der Waals surface area contributed by atoms with Gasteiger partial charge in [0.25, 0.3) is 0 Å². The first-order valence-corrected chi connectivity index (χ1v) is 12.1. The van der Waals surface area contributed by atoms with Crippen molar-refractivity contribution in [2.24, 2.45) is 5.92 Å². The lowest BCUT2D eigenvalue weighted by atomic mass is 9.91. The van der Waals surface area contributed by atoms with E-state index in [2.05, 4.69) is 12.1 Å². The molecule has 198 valence electrons. The first kappa shape index (κ1) is 28.0. The monoisotopic (exact) mass is 517 g/mol. The Morgan fingerprint density at radius 3 is 2.35 bits per heavy atom. The van der Waals surface area contributed by atoms with Crippen molar-refractivity contribution in [3.05, 3.63) is 70.4 Å². The van der Waals surface area contributed by atoms with Crippen LogP contribution >= 0.6 is 0 Å². The zero-order valence-corrected chi connectivity index (χ0v) is 21.3. The molecule has 0 aliphatic heterocycles. The number of carbonyl (C=O) groups is 2. The molecule has 0 bridgehead atoms. The van der Waals surface area contributed by atoms with Crippen LogP contribution in [-0.4, -0.2) is 30.1 Å². The van der Waals surface area contributed by atoms with E-state index in [-0.39, 0.29) is 18.8 Å². The molecule has 0 saturated carbocycles. The van der Waals surface area contributed by atoms with Gasteiger partial charge in [0.05, 0.1) is 24.5 Å². The molecule has 0 amide bonds. The third-order valence-corrected chi connectivity index (χ3v) is 5.99. The normalized spacial score (nSPS) is 12.3. The molecule has 9 heteroatoms. The molecule has 0 spiro atoms. The van der Waals surface area contributed by atoms with E-state index in [1.807, 2.05) is 6.92 Å². The summed E-state index contributed by atoms with van der Waals surface area (Å²) in [6.45, 7) is 7.89. The molecule has 0 N–H and O–H groups in total. The SMILES string of the molecule is CCCCOc1ccc(C(=O)C(Cc2noc(-c3ccc(C(F)(F)F)cc3)c2C)C(=O)OCC)cc1C. The first-order chi connectivity index (χ1) is 17.6. The lowest BCUT2D eigenvalue weighted by Crippen LogP contribution is -2.29. The fourth-order valence-electron chi connectivity index (χ4n) is 3.85. The summed E-state index contributed by atoms with van der Waals surface area (Å²) in [5.41, 5.74) is 1.60. The number of halogens is 3. The predicted molar refractivity (Wildman–Crippen MR) is 131 cm³/mol. The van der Waals surface area contributed by atoms with E-state index in [0.29, 0.717) is 34.7 Å². The molecule has 2 aromatic carbocycles. The van der Waals surface area contributed by atoms with Gasteiger partial charge in [-0.05, 0) is 63.1 Å². The Morgan fingerprint density at radius 1 is 1.05 bits per heavy atom. The number of rotatable bonds is 11. The molecule has 3 rings (SSSR count). The van der Waals surface area contributed by atoms with Crippen LogP contribution in [-0.2, 0) is 22.1 Å². The molecular formula is C28H30F3NO5. The lowest BCUT2D eigenvalue weighted by molar-refractivity contribution is -0.146. The molecule has 3 aromatic rings. The summed E-state index contributed by atoms with van der Waals surface area (Å²) in [4.78, 5) is 26.2. The number of hydrogen-bond donors (Lipinski definition) is 0. The Hall–Kier alpha value is -3.62. The summed E-state index contributed by atoms with van der Waals surface area (Å²) in [6.07, 6.45) is -2.62. The third kappa shape index (κ3) is 6.78. The van der Waals surface area contributed by atoms with Crippen molar-refractivity contribution >= 4 is 11.8 Å². The summed E-state index contributed by atoms with van der Waals surface area (Å²) in [7, 11) is 0. The minimum absolute atomic E-state index is 0.0819. The number of unbranched alkanes of at least 4 members (excludes halogenated alkanes) is 1. The number of Topliss-reactive ketones (excluding diaryl/α,β-unsaturated/α-hetero) is 1. The molecule has 1 heterocycles. The maximum atomic E-state index is 13.4. The Kier molecular flexibility index (Phi) is 9.13. The van der Waals surface area contributed by atoms with Gasteiger partial charge in [0.1, 0.15) is 11.7 Å². The van der Waals surface area contributed by atoms with Crippen LogP contribution in [0.1, 0.15) is 59.4 Å². The molecule has 0 saturated heterocycles. The number of nitrogens with zero attached hydrogens (tertiary/aromatic N) is 1. The van der Waals surface area contributed by atoms with E-state index in [0.717, 1.165) is 30.5 Å². The average molecular weight is 518 g/mol. The van der Waals surface area contributed by atoms with Gasteiger partial charge in [-0.3, -0.25) is 9.59 Å². The van der Waals surface area contributed by atoms with Gasteiger partial charge in [-0.1, -0.05) is 30.6 Å². The van der Waals surface area contributed by atoms with E-state index < -0.39 is 29.4 Å². The van der Waals surface area contributed by atoms with E-state index in [1.165, 1.54) is 12.1 Å². The quantitative estimate of drug-likeness (QED) is 0.121. The molecule has 37 heavy (non-hydrogen) atoms. The second kappa shape index (κ2) is 12.1. The number of esters is 1. The molecule has 0 fully saturated rings. The highest BCUT2D eigenvalue weighted by Gasteiger charge is 2.33. The van der Waals surface area contributed by atoms with E-state index >= 15 is 0 Å². The average Bonchev–Trinajstić information content (AvgIpc) is 3.22. The Balaban J connectivity index is 1.85. The maximum Gasteiger partial charge on any atom is 0.416 e. The molecule has 0 aliphatic rings. The van der Waals surface area contributed by atoms with Gasteiger partial charge in [0, 0.05) is 23.1 Å². The van der Waals surface area contributed by atoms with Gasteiger partial charge in [-0.2, -0.15) is 13.2 Å². The molecule has 1 unspecified atom stereocenters. The van der Waals surface area contributed by atoms with Crippen molar-refractivity contribution in [3.8, 4) is 17.1 Å². The van der Waals surface area contributed by atoms with Crippen LogP contribution in [0.15, 0.2) is 47.0 Å². The third-order valence-electron chi connectivity index (χ3n) is 5.99. The van der Waals surface area contributed by atoms with Crippen LogP contribution in [0.25, 0.3) is 11.3 Å². The number of ether oxygens (including phenoxy) is 2. The summed E-state index contributed by atoms with van der Waals surface area (Å²) in [5, 5.41) is 4.02. The van der Waals surface area contributed by atoms with Crippen molar-refractivity contribution in [2.45, 2.75) is 53.1 Å². The van der Waals surface area contributed by atoms with E-state index in [4.69, 9.17) is 14.0 Å².